The largest absolute Gasteiger partial charge is 0.356 e. The molecule has 1 heterocycles. The molecule has 1 amide bonds. The maximum Gasteiger partial charge on any atom is 0.226 e. The quantitative estimate of drug-likeness (QED) is 0.784. The maximum absolute atomic E-state index is 12.6. The summed E-state index contributed by atoms with van der Waals surface area (Å²) in [5.41, 5.74) is -0.0768. The normalized spacial score (nSPS) is 23.4. The summed E-state index contributed by atoms with van der Waals surface area (Å²) in [5.74, 6) is 1.19. The predicted octanol–water partition coefficient (Wildman–Crippen LogP) is 3.24. The van der Waals surface area contributed by atoms with Crippen LogP contribution in [0, 0.1) is 11.3 Å². The van der Waals surface area contributed by atoms with E-state index < -0.39 is 0 Å². The number of hydrogen-bond donors (Lipinski definition) is 2. The number of carbonyl (C=O) groups excluding carboxylic acids is 1. The molecule has 0 aromatic carbocycles. The van der Waals surface area contributed by atoms with Gasteiger partial charge in [0.1, 0.15) is 0 Å². The smallest absolute Gasteiger partial charge is 0.226 e. The molecular formula is C17H32N2O. The van der Waals surface area contributed by atoms with Crippen LogP contribution in [0.3, 0.4) is 0 Å². The van der Waals surface area contributed by atoms with Gasteiger partial charge in [0.15, 0.2) is 0 Å². The molecule has 0 atom stereocenters. The first-order chi connectivity index (χ1) is 9.77. The molecule has 0 spiro atoms. The second-order valence-corrected chi connectivity index (χ2v) is 6.83. The molecule has 1 saturated carbocycles. The Morgan fingerprint density at radius 1 is 1.20 bits per heavy atom. The van der Waals surface area contributed by atoms with E-state index in [9.17, 15) is 4.79 Å². The molecule has 1 aliphatic heterocycles. The fourth-order valence-electron chi connectivity index (χ4n) is 4.03. The number of amides is 1. The van der Waals surface area contributed by atoms with Gasteiger partial charge in [0.05, 0.1) is 5.41 Å². The van der Waals surface area contributed by atoms with Crippen LogP contribution in [0.5, 0.6) is 0 Å². The highest BCUT2D eigenvalue weighted by Crippen LogP contribution is 2.34. The van der Waals surface area contributed by atoms with Gasteiger partial charge in [-0.05, 0) is 44.7 Å². The lowest BCUT2D eigenvalue weighted by atomic mass is 9.74. The lowest BCUT2D eigenvalue weighted by molar-refractivity contribution is -0.133. The highest BCUT2D eigenvalue weighted by molar-refractivity contribution is 5.82. The van der Waals surface area contributed by atoms with E-state index in [1.165, 1.54) is 38.5 Å². The monoisotopic (exact) mass is 280 g/mol. The molecule has 2 rings (SSSR count). The van der Waals surface area contributed by atoms with Gasteiger partial charge >= 0.3 is 0 Å². The lowest BCUT2D eigenvalue weighted by Gasteiger charge is -2.36. The molecule has 2 aliphatic rings. The highest BCUT2D eigenvalue weighted by Gasteiger charge is 2.38. The topological polar surface area (TPSA) is 41.1 Å². The molecule has 2 fully saturated rings. The van der Waals surface area contributed by atoms with Crippen molar-refractivity contribution >= 4 is 5.91 Å². The van der Waals surface area contributed by atoms with Gasteiger partial charge in [0.2, 0.25) is 5.91 Å². The van der Waals surface area contributed by atoms with Crippen LogP contribution in [0.25, 0.3) is 0 Å². The molecule has 0 bridgehead atoms. The minimum Gasteiger partial charge on any atom is -0.356 e. The molecule has 2 N–H and O–H groups in total. The first-order valence-corrected chi connectivity index (χ1v) is 8.76. The standard InChI is InChI=1S/C17H32N2O/c1-2-9-17(10-13-18-14-11-17)16(20)19-12-8-15-6-4-3-5-7-15/h15,18H,2-14H2,1H3,(H,19,20). The van der Waals surface area contributed by atoms with Gasteiger partial charge in [0, 0.05) is 6.54 Å². The van der Waals surface area contributed by atoms with Crippen LogP contribution in [-0.2, 0) is 4.79 Å². The average Bonchev–Trinajstić information content (AvgIpc) is 2.49. The summed E-state index contributed by atoms with van der Waals surface area (Å²) in [4.78, 5) is 12.6. The second-order valence-electron chi connectivity index (χ2n) is 6.83. The van der Waals surface area contributed by atoms with E-state index in [1.54, 1.807) is 0 Å². The Morgan fingerprint density at radius 3 is 2.55 bits per heavy atom. The van der Waals surface area contributed by atoms with Crippen LogP contribution in [-0.4, -0.2) is 25.5 Å². The van der Waals surface area contributed by atoms with Gasteiger partial charge in [-0.15, -0.1) is 0 Å². The molecule has 20 heavy (non-hydrogen) atoms. The first-order valence-electron chi connectivity index (χ1n) is 8.76. The van der Waals surface area contributed by atoms with E-state index in [1.807, 2.05) is 0 Å². The van der Waals surface area contributed by atoms with Crippen molar-refractivity contribution in [2.24, 2.45) is 11.3 Å². The lowest BCUT2D eigenvalue weighted by Crippen LogP contribution is -2.48. The van der Waals surface area contributed by atoms with Gasteiger partial charge < -0.3 is 10.6 Å². The Bertz CT molecular complexity index is 286. The van der Waals surface area contributed by atoms with Crippen LogP contribution >= 0.6 is 0 Å². The van der Waals surface area contributed by atoms with Crippen molar-refractivity contribution in [3.05, 3.63) is 0 Å². The molecule has 0 aromatic rings. The van der Waals surface area contributed by atoms with E-state index in [-0.39, 0.29) is 5.41 Å². The van der Waals surface area contributed by atoms with E-state index in [0.29, 0.717) is 5.91 Å². The zero-order chi connectivity index (χ0) is 14.3. The van der Waals surface area contributed by atoms with Crippen molar-refractivity contribution < 1.29 is 4.79 Å². The Labute approximate surface area is 124 Å². The van der Waals surface area contributed by atoms with Crippen LogP contribution < -0.4 is 10.6 Å². The molecule has 3 nitrogen and oxygen atoms in total. The Kier molecular flexibility index (Phi) is 6.34. The van der Waals surface area contributed by atoms with Crippen LogP contribution in [0.2, 0.25) is 0 Å². The van der Waals surface area contributed by atoms with E-state index in [2.05, 4.69) is 17.6 Å². The number of nitrogens with one attached hydrogen (secondary N) is 2. The molecule has 0 aromatic heterocycles. The van der Waals surface area contributed by atoms with Gasteiger partial charge in [-0.2, -0.15) is 0 Å². The van der Waals surface area contributed by atoms with E-state index >= 15 is 0 Å². The van der Waals surface area contributed by atoms with Gasteiger partial charge in [-0.3, -0.25) is 4.79 Å². The molecule has 0 radical (unpaired) electrons. The Morgan fingerprint density at radius 2 is 1.90 bits per heavy atom. The number of rotatable bonds is 6. The fourth-order valence-corrected chi connectivity index (χ4v) is 4.03. The Balaban J connectivity index is 1.76. The summed E-state index contributed by atoms with van der Waals surface area (Å²) in [6.45, 7) is 5.08. The predicted molar refractivity (Wildman–Crippen MR) is 83.6 cm³/mol. The molecule has 116 valence electrons. The van der Waals surface area contributed by atoms with Crippen LogP contribution in [0.15, 0.2) is 0 Å². The highest BCUT2D eigenvalue weighted by atomic mass is 16.2. The third-order valence-corrected chi connectivity index (χ3v) is 5.33. The van der Waals surface area contributed by atoms with Gasteiger partial charge in [0.25, 0.3) is 0 Å². The van der Waals surface area contributed by atoms with Gasteiger partial charge in [-0.25, -0.2) is 0 Å². The zero-order valence-electron chi connectivity index (χ0n) is 13.2. The molecular weight excluding hydrogens is 248 g/mol. The Hall–Kier alpha value is -0.570. The third-order valence-electron chi connectivity index (χ3n) is 5.33. The summed E-state index contributed by atoms with van der Waals surface area (Å²) < 4.78 is 0. The summed E-state index contributed by atoms with van der Waals surface area (Å²) >= 11 is 0. The molecule has 1 aliphatic carbocycles. The van der Waals surface area contributed by atoms with Crippen molar-refractivity contribution in [3.8, 4) is 0 Å². The zero-order valence-corrected chi connectivity index (χ0v) is 13.2. The van der Waals surface area contributed by atoms with E-state index in [4.69, 9.17) is 0 Å². The number of carbonyl (C=O) groups is 1. The molecule has 0 unspecified atom stereocenters. The van der Waals surface area contributed by atoms with Crippen molar-refractivity contribution in [1.82, 2.24) is 10.6 Å². The average molecular weight is 280 g/mol. The van der Waals surface area contributed by atoms with Crippen LogP contribution in [0.4, 0.5) is 0 Å². The number of hydrogen-bond acceptors (Lipinski definition) is 2. The summed E-state index contributed by atoms with van der Waals surface area (Å²) in [5, 5.41) is 6.64. The fraction of sp³-hybridized carbons (Fsp3) is 0.941. The SMILES string of the molecule is CCCC1(C(=O)NCCC2CCCCC2)CCNCC1. The van der Waals surface area contributed by atoms with Crippen molar-refractivity contribution in [2.75, 3.05) is 19.6 Å². The van der Waals surface area contributed by atoms with Crippen molar-refractivity contribution in [1.29, 1.82) is 0 Å². The molecule has 1 saturated heterocycles. The summed E-state index contributed by atoms with van der Waals surface area (Å²) in [7, 11) is 0. The summed E-state index contributed by atoms with van der Waals surface area (Å²) in [6, 6.07) is 0. The van der Waals surface area contributed by atoms with Crippen molar-refractivity contribution in [3.63, 3.8) is 0 Å². The first kappa shape index (κ1) is 15.8. The van der Waals surface area contributed by atoms with E-state index in [0.717, 1.165) is 51.2 Å². The minimum atomic E-state index is -0.0768. The van der Waals surface area contributed by atoms with Crippen molar-refractivity contribution in [2.45, 2.75) is 71.1 Å². The maximum atomic E-state index is 12.6. The summed E-state index contributed by atoms with van der Waals surface area (Å²) in [6.07, 6.45) is 12.3. The van der Waals surface area contributed by atoms with Gasteiger partial charge in [-0.1, -0.05) is 45.4 Å². The number of piperidine rings is 1. The second kappa shape index (κ2) is 8.02. The molecule has 3 heteroatoms. The van der Waals surface area contributed by atoms with Crippen LogP contribution in [0.1, 0.15) is 71.1 Å². The third kappa shape index (κ3) is 4.21. The minimum absolute atomic E-state index is 0.0768.